The minimum absolute atomic E-state index is 0.0958. The molecule has 34 heavy (non-hydrogen) atoms. The summed E-state index contributed by atoms with van der Waals surface area (Å²) in [6.07, 6.45) is 0.349. The van der Waals surface area contributed by atoms with E-state index in [2.05, 4.69) is 11.3 Å². The van der Waals surface area contributed by atoms with Gasteiger partial charge in [0, 0.05) is 16.5 Å². The number of nitrogens with two attached hydrogens (primary N) is 1. The highest BCUT2D eigenvalue weighted by atomic mass is 32.2. The molecule has 0 saturated carbocycles. The quantitative estimate of drug-likeness (QED) is 0.375. The van der Waals surface area contributed by atoms with E-state index in [9.17, 15) is 18.3 Å². The SMILES string of the molecule is C=CS(=O)(=O)Nc1cccc(-c2c(F)cc(C(N)=O)c3c2-c2ccc(C(C)(C)O)cc2C3)c1C. The summed E-state index contributed by atoms with van der Waals surface area (Å²) in [6.45, 7) is 8.35. The first-order valence-electron chi connectivity index (χ1n) is 10.6. The number of aliphatic hydroxyl groups is 1. The first-order valence-corrected chi connectivity index (χ1v) is 12.1. The summed E-state index contributed by atoms with van der Waals surface area (Å²) in [4.78, 5) is 12.2. The minimum atomic E-state index is -3.77. The van der Waals surface area contributed by atoms with Crippen molar-refractivity contribution in [3.8, 4) is 22.3 Å². The summed E-state index contributed by atoms with van der Waals surface area (Å²) < 4.78 is 42.2. The third-order valence-corrected chi connectivity index (χ3v) is 7.12. The summed E-state index contributed by atoms with van der Waals surface area (Å²) in [7, 11) is -3.77. The van der Waals surface area contributed by atoms with Crippen LogP contribution < -0.4 is 10.5 Å². The smallest absolute Gasteiger partial charge is 0.254 e. The average molecular weight is 481 g/mol. The number of halogens is 1. The number of hydrogen-bond donors (Lipinski definition) is 3. The first-order chi connectivity index (χ1) is 15.8. The Kier molecular flexibility index (Phi) is 5.62. The molecular weight excluding hydrogens is 455 g/mol. The molecule has 6 nitrogen and oxygen atoms in total. The van der Waals surface area contributed by atoms with Crippen LogP contribution in [0.25, 0.3) is 22.3 Å². The molecule has 0 radical (unpaired) electrons. The number of rotatable bonds is 6. The molecule has 1 amide bonds. The van der Waals surface area contributed by atoms with Crippen LogP contribution in [0.1, 0.15) is 46.5 Å². The van der Waals surface area contributed by atoms with E-state index in [1.165, 1.54) is 0 Å². The predicted molar refractivity (Wildman–Crippen MR) is 131 cm³/mol. The maximum atomic E-state index is 15.6. The Bertz CT molecular complexity index is 1470. The van der Waals surface area contributed by atoms with Gasteiger partial charge in [-0.05, 0) is 78.3 Å². The van der Waals surface area contributed by atoms with Crippen LogP contribution in [-0.2, 0) is 22.0 Å². The number of primary amides is 1. The molecular formula is C26H25FN2O4S. The van der Waals surface area contributed by atoms with Gasteiger partial charge in [0.25, 0.3) is 10.0 Å². The van der Waals surface area contributed by atoms with Crippen LogP contribution in [0.3, 0.4) is 0 Å². The molecule has 1 aliphatic carbocycles. The fourth-order valence-electron chi connectivity index (χ4n) is 4.42. The molecule has 0 aromatic heterocycles. The van der Waals surface area contributed by atoms with Gasteiger partial charge in [0.15, 0.2) is 0 Å². The summed E-state index contributed by atoms with van der Waals surface area (Å²) in [6, 6.07) is 11.5. The van der Waals surface area contributed by atoms with Crippen LogP contribution in [0, 0.1) is 12.7 Å². The lowest BCUT2D eigenvalue weighted by atomic mass is 9.88. The van der Waals surface area contributed by atoms with Crippen molar-refractivity contribution < 1.29 is 22.7 Å². The lowest BCUT2D eigenvalue weighted by molar-refractivity contribution is 0.0785. The van der Waals surface area contributed by atoms with Gasteiger partial charge in [-0.3, -0.25) is 9.52 Å². The van der Waals surface area contributed by atoms with Crippen LogP contribution in [0.2, 0.25) is 0 Å². The Morgan fingerprint density at radius 2 is 1.88 bits per heavy atom. The van der Waals surface area contributed by atoms with Crippen LogP contribution in [0.15, 0.2) is 54.5 Å². The molecule has 0 saturated heterocycles. The second-order valence-corrected chi connectivity index (χ2v) is 10.5. The molecule has 0 bridgehead atoms. The lowest BCUT2D eigenvalue weighted by Gasteiger charge is -2.20. The van der Waals surface area contributed by atoms with E-state index in [1.807, 2.05) is 12.1 Å². The van der Waals surface area contributed by atoms with E-state index in [0.717, 1.165) is 22.6 Å². The van der Waals surface area contributed by atoms with E-state index in [0.29, 0.717) is 39.9 Å². The zero-order valence-electron chi connectivity index (χ0n) is 19.1. The molecule has 4 N–H and O–H groups in total. The van der Waals surface area contributed by atoms with Gasteiger partial charge in [-0.2, -0.15) is 0 Å². The van der Waals surface area contributed by atoms with E-state index < -0.39 is 27.3 Å². The van der Waals surface area contributed by atoms with Crippen molar-refractivity contribution in [1.82, 2.24) is 0 Å². The van der Waals surface area contributed by atoms with Gasteiger partial charge < -0.3 is 10.8 Å². The van der Waals surface area contributed by atoms with Crippen molar-refractivity contribution in [1.29, 1.82) is 0 Å². The highest BCUT2D eigenvalue weighted by Gasteiger charge is 2.31. The highest BCUT2D eigenvalue weighted by molar-refractivity contribution is 7.95. The third kappa shape index (κ3) is 3.99. The van der Waals surface area contributed by atoms with Crippen molar-refractivity contribution in [2.24, 2.45) is 5.73 Å². The van der Waals surface area contributed by atoms with Crippen LogP contribution in [0.4, 0.5) is 10.1 Å². The number of anilines is 1. The Balaban J connectivity index is 2.01. The van der Waals surface area contributed by atoms with Gasteiger partial charge in [-0.25, -0.2) is 12.8 Å². The minimum Gasteiger partial charge on any atom is -0.386 e. The van der Waals surface area contributed by atoms with Gasteiger partial charge in [-0.1, -0.05) is 36.9 Å². The van der Waals surface area contributed by atoms with Crippen molar-refractivity contribution in [2.75, 3.05) is 4.72 Å². The molecule has 0 aliphatic heterocycles. The molecule has 8 heteroatoms. The number of carbonyl (C=O) groups is 1. The lowest BCUT2D eigenvalue weighted by Crippen LogP contribution is -2.15. The van der Waals surface area contributed by atoms with E-state index >= 15 is 4.39 Å². The normalized spacial score (nSPS) is 12.7. The number of carbonyl (C=O) groups excluding carboxylic acids is 1. The molecule has 1 aliphatic rings. The standard InChI is InChI=1S/C26H25FN2O4S/c1-5-34(32,33)29-22-8-6-7-17(14(22)2)24-21(27)13-20(25(28)30)19-12-15-11-16(26(3,4)31)9-10-18(15)23(19)24/h5-11,13,29,31H,1,12H2,2-4H3,(H2,28,30). The Morgan fingerprint density at radius 3 is 2.50 bits per heavy atom. The highest BCUT2D eigenvalue weighted by Crippen LogP contribution is 2.47. The number of nitrogens with one attached hydrogen (secondary N) is 1. The monoisotopic (exact) mass is 480 g/mol. The van der Waals surface area contributed by atoms with Gasteiger partial charge in [0.2, 0.25) is 5.91 Å². The number of hydrogen-bond acceptors (Lipinski definition) is 4. The molecule has 4 rings (SSSR count). The van der Waals surface area contributed by atoms with Crippen LogP contribution in [-0.4, -0.2) is 19.4 Å². The second kappa shape index (κ2) is 8.07. The van der Waals surface area contributed by atoms with Crippen molar-refractivity contribution in [3.05, 3.63) is 88.1 Å². The predicted octanol–water partition coefficient (Wildman–Crippen LogP) is 4.58. The largest absolute Gasteiger partial charge is 0.386 e. The first kappa shape index (κ1) is 23.7. The third-order valence-electron chi connectivity index (χ3n) is 6.18. The average Bonchev–Trinajstić information content (AvgIpc) is 3.13. The van der Waals surface area contributed by atoms with Crippen molar-refractivity contribution in [2.45, 2.75) is 32.8 Å². The molecule has 0 heterocycles. The number of amides is 1. The summed E-state index contributed by atoms with van der Waals surface area (Å²) in [5.41, 5.74) is 9.56. The second-order valence-electron chi connectivity index (χ2n) is 8.90. The molecule has 3 aromatic rings. The van der Waals surface area contributed by atoms with Gasteiger partial charge in [0.05, 0.1) is 11.3 Å². The van der Waals surface area contributed by atoms with Crippen LogP contribution in [0.5, 0.6) is 0 Å². The molecule has 0 spiro atoms. The fraction of sp³-hybridized carbons (Fsp3) is 0.192. The summed E-state index contributed by atoms with van der Waals surface area (Å²) >= 11 is 0. The van der Waals surface area contributed by atoms with Crippen LogP contribution >= 0.6 is 0 Å². The number of benzene rings is 3. The maximum absolute atomic E-state index is 15.6. The Labute approximate surface area is 198 Å². The van der Waals surface area contributed by atoms with Crippen molar-refractivity contribution in [3.63, 3.8) is 0 Å². The summed E-state index contributed by atoms with van der Waals surface area (Å²) in [5, 5.41) is 11.2. The molecule has 176 valence electrons. The zero-order valence-corrected chi connectivity index (χ0v) is 19.9. The molecule has 0 unspecified atom stereocenters. The summed E-state index contributed by atoms with van der Waals surface area (Å²) in [5.74, 6) is -1.37. The zero-order chi connectivity index (χ0) is 25.0. The molecule has 3 aromatic carbocycles. The van der Waals surface area contributed by atoms with E-state index in [1.54, 1.807) is 45.0 Å². The van der Waals surface area contributed by atoms with Gasteiger partial charge >= 0.3 is 0 Å². The Morgan fingerprint density at radius 1 is 1.18 bits per heavy atom. The topological polar surface area (TPSA) is 109 Å². The number of sulfonamides is 1. The van der Waals surface area contributed by atoms with E-state index in [-0.39, 0.29) is 11.1 Å². The Hall–Kier alpha value is -3.49. The number of fused-ring (bicyclic) bond motifs is 3. The van der Waals surface area contributed by atoms with Crippen molar-refractivity contribution >= 4 is 21.6 Å². The van der Waals surface area contributed by atoms with Gasteiger partial charge in [-0.15, -0.1) is 0 Å². The maximum Gasteiger partial charge on any atom is 0.254 e. The molecule has 0 fully saturated rings. The molecule has 0 atom stereocenters. The fourth-order valence-corrected chi connectivity index (χ4v) is 5.03. The van der Waals surface area contributed by atoms with E-state index in [4.69, 9.17) is 5.73 Å². The van der Waals surface area contributed by atoms with Gasteiger partial charge in [0.1, 0.15) is 5.82 Å².